The Morgan fingerprint density at radius 3 is 2.69 bits per heavy atom. The van der Waals surface area contributed by atoms with Gasteiger partial charge in [-0.2, -0.15) is 10.1 Å². The second-order valence-electron chi connectivity index (χ2n) is 6.03. The molecule has 0 bridgehead atoms. The highest BCUT2D eigenvalue weighted by atomic mass is 79.9. The van der Waals surface area contributed by atoms with Crippen molar-refractivity contribution in [2.75, 3.05) is 5.01 Å². The summed E-state index contributed by atoms with van der Waals surface area (Å²) < 4.78 is 15.1. The summed E-state index contributed by atoms with van der Waals surface area (Å²) in [5.41, 5.74) is 1.77. The monoisotopic (exact) mass is 487 g/mol. The van der Waals surface area contributed by atoms with E-state index < -0.39 is 0 Å². The van der Waals surface area contributed by atoms with E-state index in [2.05, 4.69) is 26.0 Å². The van der Waals surface area contributed by atoms with Gasteiger partial charge in [-0.15, -0.1) is 0 Å². The Labute approximate surface area is 183 Å². The molecule has 0 aliphatic heterocycles. The summed E-state index contributed by atoms with van der Waals surface area (Å²) in [6.45, 7) is 0. The highest BCUT2D eigenvalue weighted by Gasteiger charge is 2.21. The molecular weight excluding hydrogens is 477 g/mol. The quantitative estimate of drug-likeness (QED) is 0.242. The first kappa shape index (κ1) is 19.7. The Balaban J connectivity index is 1.76. The van der Waals surface area contributed by atoms with Crippen molar-refractivity contribution in [2.45, 2.75) is 0 Å². The van der Waals surface area contributed by atoms with E-state index in [1.807, 2.05) is 24.3 Å². The molecule has 8 heteroatoms. The van der Waals surface area contributed by atoms with Gasteiger partial charge in [-0.3, -0.25) is 4.79 Å². The zero-order chi connectivity index (χ0) is 20.4. The second-order valence-corrected chi connectivity index (χ2v) is 8.39. The molecule has 0 unspecified atom stereocenters. The first-order valence-corrected chi connectivity index (χ1v) is 10.4. The summed E-state index contributed by atoms with van der Waals surface area (Å²) in [7, 11) is 0. The summed E-state index contributed by atoms with van der Waals surface area (Å²) in [4.78, 5) is 17.6. The number of halogens is 3. The molecule has 0 radical (unpaired) electrons. The summed E-state index contributed by atoms with van der Waals surface area (Å²) >= 11 is 10.6. The first-order chi connectivity index (χ1) is 14.0. The van der Waals surface area contributed by atoms with Gasteiger partial charge in [-0.05, 0) is 54.1 Å². The van der Waals surface area contributed by atoms with Crippen LogP contribution in [0, 0.1) is 5.82 Å². The highest BCUT2D eigenvalue weighted by Crippen LogP contribution is 2.31. The predicted octanol–water partition coefficient (Wildman–Crippen LogP) is 6.53. The molecule has 0 spiro atoms. The van der Waals surface area contributed by atoms with Crippen LogP contribution >= 0.6 is 38.9 Å². The number of carbonyl (C=O) groups excluding carboxylic acids is 1. The topological polar surface area (TPSA) is 45.6 Å². The highest BCUT2D eigenvalue weighted by molar-refractivity contribution is 9.10. The van der Waals surface area contributed by atoms with Crippen LogP contribution in [0.3, 0.4) is 0 Å². The first-order valence-electron chi connectivity index (χ1n) is 8.45. The van der Waals surface area contributed by atoms with Crippen LogP contribution in [0.4, 0.5) is 9.52 Å². The number of hydrogen-bond donors (Lipinski definition) is 0. The third-order valence-corrected chi connectivity index (χ3v) is 5.73. The van der Waals surface area contributed by atoms with Crippen LogP contribution in [-0.4, -0.2) is 17.1 Å². The van der Waals surface area contributed by atoms with Gasteiger partial charge in [0.25, 0.3) is 5.91 Å². The van der Waals surface area contributed by atoms with E-state index in [0.717, 1.165) is 10.0 Å². The molecule has 0 saturated heterocycles. The number of hydrazone groups is 1. The van der Waals surface area contributed by atoms with E-state index in [-0.39, 0.29) is 11.7 Å². The molecule has 29 heavy (non-hydrogen) atoms. The molecule has 0 aliphatic rings. The number of nitrogens with zero attached hydrogens (tertiary/aromatic N) is 3. The molecule has 1 amide bonds. The van der Waals surface area contributed by atoms with Crippen LogP contribution < -0.4 is 5.01 Å². The maximum absolute atomic E-state index is 13.6. The maximum Gasteiger partial charge on any atom is 0.280 e. The molecule has 0 atom stereocenters. The van der Waals surface area contributed by atoms with Crippen LogP contribution in [0.5, 0.6) is 0 Å². The minimum atomic E-state index is -0.389. The number of benzene rings is 3. The normalized spacial score (nSPS) is 11.3. The number of anilines is 1. The van der Waals surface area contributed by atoms with Crippen molar-refractivity contribution >= 4 is 66.3 Å². The molecule has 1 heterocycles. The minimum absolute atomic E-state index is 0.337. The van der Waals surface area contributed by atoms with Crippen molar-refractivity contribution in [3.05, 3.63) is 93.2 Å². The fourth-order valence-corrected chi connectivity index (χ4v) is 3.98. The van der Waals surface area contributed by atoms with E-state index in [1.54, 1.807) is 36.5 Å². The van der Waals surface area contributed by atoms with E-state index in [0.29, 0.717) is 25.9 Å². The zero-order valence-electron chi connectivity index (χ0n) is 14.7. The standard InChI is InChI=1S/C21H12BrClFN3OS/c22-15-6-4-13(5-7-15)12-25-27(20(28)14-2-1-3-16(23)10-14)21-26-18-9-8-17(24)11-19(18)29-21/h1-12H/b25-12+. The van der Waals surface area contributed by atoms with Gasteiger partial charge in [-0.25, -0.2) is 9.37 Å². The van der Waals surface area contributed by atoms with E-state index >= 15 is 0 Å². The molecule has 3 aromatic carbocycles. The van der Waals surface area contributed by atoms with Crippen molar-refractivity contribution in [2.24, 2.45) is 5.10 Å². The average molecular weight is 489 g/mol. The van der Waals surface area contributed by atoms with Gasteiger partial charge < -0.3 is 0 Å². The predicted molar refractivity (Wildman–Crippen MR) is 120 cm³/mol. The Kier molecular flexibility index (Phi) is 5.71. The summed E-state index contributed by atoms with van der Waals surface area (Å²) in [6.07, 6.45) is 1.57. The van der Waals surface area contributed by atoms with Gasteiger partial charge in [0.05, 0.1) is 16.4 Å². The second kappa shape index (κ2) is 8.41. The number of rotatable bonds is 4. The molecule has 4 nitrogen and oxygen atoms in total. The van der Waals surface area contributed by atoms with Gasteiger partial charge >= 0.3 is 0 Å². The van der Waals surface area contributed by atoms with Gasteiger partial charge in [0.15, 0.2) is 0 Å². The molecule has 0 N–H and O–H groups in total. The molecule has 144 valence electrons. The van der Waals surface area contributed by atoms with Crippen molar-refractivity contribution in [1.82, 2.24) is 4.98 Å². The lowest BCUT2D eigenvalue weighted by molar-refractivity contribution is 0.0988. The number of fused-ring (bicyclic) bond motifs is 1. The van der Waals surface area contributed by atoms with Crippen LogP contribution in [-0.2, 0) is 0 Å². The summed E-state index contributed by atoms with van der Waals surface area (Å²) in [6, 6.07) is 18.4. The molecule has 0 aliphatic carbocycles. The van der Waals surface area contributed by atoms with Gasteiger partial charge in [0.2, 0.25) is 5.13 Å². The Morgan fingerprint density at radius 1 is 1.14 bits per heavy atom. The van der Waals surface area contributed by atoms with Crippen molar-refractivity contribution in [3.8, 4) is 0 Å². The van der Waals surface area contributed by atoms with Crippen LogP contribution in [0.1, 0.15) is 15.9 Å². The largest absolute Gasteiger partial charge is 0.280 e. The molecule has 0 fully saturated rings. The third kappa shape index (κ3) is 4.53. The Hall–Kier alpha value is -2.61. The summed E-state index contributed by atoms with van der Waals surface area (Å²) in [5, 5.41) is 6.36. The van der Waals surface area contributed by atoms with Crippen molar-refractivity contribution in [1.29, 1.82) is 0 Å². The lowest BCUT2D eigenvalue weighted by atomic mass is 10.2. The molecular formula is C21H12BrClFN3OS. The Bertz CT molecular complexity index is 1230. The van der Waals surface area contributed by atoms with Gasteiger partial charge in [0, 0.05) is 15.1 Å². The van der Waals surface area contributed by atoms with E-state index in [9.17, 15) is 9.18 Å². The Morgan fingerprint density at radius 2 is 1.93 bits per heavy atom. The number of amides is 1. The number of carbonyl (C=O) groups is 1. The number of aromatic nitrogens is 1. The maximum atomic E-state index is 13.6. The smallest absolute Gasteiger partial charge is 0.267 e. The molecule has 4 aromatic rings. The fourth-order valence-electron chi connectivity index (χ4n) is 2.58. The van der Waals surface area contributed by atoms with Crippen LogP contribution in [0.25, 0.3) is 10.2 Å². The summed E-state index contributed by atoms with van der Waals surface area (Å²) in [5.74, 6) is -0.751. The molecule has 4 rings (SSSR count). The van der Waals surface area contributed by atoms with Gasteiger partial charge in [0.1, 0.15) is 5.82 Å². The van der Waals surface area contributed by atoms with Crippen LogP contribution in [0.15, 0.2) is 76.3 Å². The SMILES string of the molecule is O=C(c1cccc(Cl)c1)N(/N=C/c1ccc(Br)cc1)c1nc2ccc(F)cc2s1. The molecule has 1 aromatic heterocycles. The molecule has 0 saturated carbocycles. The zero-order valence-corrected chi connectivity index (χ0v) is 17.9. The van der Waals surface area contributed by atoms with E-state index in [1.165, 1.54) is 28.5 Å². The minimum Gasteiger partial charge on any atom is -0.267 e. The van der Waals surface area contributed by atoms with E-state index in [4.69, 9.17) is 11.6 Å². The number of thiazole rings is 1. The van der Waals surface area contributed by atoms with Gasteiger partial charge in [-0.1, -0.05) is 57.1 Å². The van der Waals surface area contributed by atoms with Crippen molar-refractivity contribution in [3.63, 3.8) is 0 Å². The fraction of sp³-hybridized carbons (Fsp3) is 0. The average Bonchev–Trinajstić information content (AvgIpc) is 3.12. The van der Waals surface area contributed by atoms with Crippen molar-refractivity contribution < 1.29 is 9.18 Å². The third-order valence-electron chi connectivity index (χ3n) is 3.98. The van der Waals surface area contributed by atoms with Crippen LogP contribution in [0.2, 0.25) is 5.02 Å². The lowest BCUT2D eigenvalue weighted by Crippen LogP contribution is -2.25. The lowest BCUT2D eigenvalue weighted by Gasteiger charge is -2.14. The number of hydrogen-bond acceptors (Lipinski definition) is 4.